The van der Waals surface area contributed by atoms with E-state index in [2.05, 4.69) is 27.6 Å². The molecule has 0 bridgehead atoms. The van der Waals surface area contributed by atoms with Crippen LogP contribution in [0.4, 0.5) is 0 Å². The third kappa shape index (κ3) is 4.72. The lowest BCUT2D eigenvalue weighted by atomic mass is 10.0. The first-order chi connectivity index (χ1) is 14.6. The second kappa shape index (κ2) is 9.92. The maximum absolute atomic E-state index is 9.46. The van der Waals surface area contributed by atoms with Gasteiger partial charge in [0.2, 0.25) is 5.82 Å². The molecule has 0 saturated carbocycles. The first-order valence-electron chi connectivity index (χ1n) is 10.1. The zero-order chi connectivity index (χ0) is 21.1. The Bertz CT molecular complexity index is 1090. The Morgan fingerprint density at radius 2 is 2.16 bits per heavy atom. The van der Waals surface area contributed by atoms with E-state index in [-0.39, 0.29) is 31.2 Å². The maximum atomic E-state index is 9.46. The van der Waals surface area contributed by atoms with Crippen LogP contribution in [0.1, 0.15) is 43.0 Å². The van der Waals surface area contributed by atoms with E-state index in [4.69, 9.17) is 14.4 Å². The van der Waals surface area contributed by atoms with Gasteiger partial charge in [0.05, 0.1) is 18.3 Å². The quantitative estimate of drug-likeness (QED) is 0.570. The lowest BCUT2D eigenvalue weighted by Crippen LogP contribution is -2.22. The number of nitrogens with zero attached hydrogens (tertiary/aromatic N) is 3. The van der Waals surface area contributed by atoms with E-state index in [1.54, 1.807) is 12.1 Å². The third-order valence-electron chi connectivity index (χ3n) is 5.15. The molecule has 2 aromatic carbocycles. The van der Waals surface area contributed by atoms with E-state index in [1.165, 1.54) is 11.1 Å². The normalized spacial score (nSPS) is 14.7. The van der Waals surface area contributed by atoms with Crippen LogP contribution in [0.3, 0.4) is 0 Å². The summed E-state index contributed by atoms with van der Waals surface area (Å²) in [7, 11) is 0. The highest BCUT2D eigenvalue weighted by atomic mass is 35.5. The van der Waals surface area contributed by atoms with Crippen LogP contribution in [0.2, 0.25) is 0 Å². The number of benzene rings is 2. The second-order valence-corrected chi connectivity index (χ2v) is 7.55. The zero-order valence-electron chi connectivity index (χ0n) is 17.5. The van der Waals surface area contributed by atoms with Crippen molar-refractivity contribution >= 4 is 12.4 Å². The summed E-state index contributed by atoms with van der Waals surface area (Å²) in [6, 6.07) is 13.8. The average Bonchev–Trinajstić information content (AvgIpc) is 3.39. The number of rotatable bonds is 7. The number of aromatic nitrogens is 2. The smallest absolute Gasteiger partial charge is 0.258 e. The van der Waals surface area contributed by atoms with Gasteiger partial charge in [-0.25, -0.2) is 0 Å². The van der Waals surface area contributed by atoms with Gasteiger partial charge in [-0.3, -0.25) is 0 Å². The molecule has 7 nitrogen and oxygen atoms in total. The van der Waals surface area contributed by atoms with Crippen molar-refractivity contribution in [3.05, 3.63) is 53.1 Å². The molecule has 162 valence electrons. The molecule has 0 saturated heterocycles. The van der Waals surface area contributed by atoms with Gasteiger partial charge >= 0.3 is 0 Å². The Morgan fingerprint density at radius 1 is 1.32 bits per heavy atom. The van der Waals surface area contributed by atoms with Crippen LogP contribution in [0, 0.1) is 11.3 Å². The summed E-state index contributed by atoms with van der Waals surface area (Å²) in [6.45, 7) is 4.52. The van der Waals surface area contributed by atoms with Crippen molar-refractivity contribution in [2.75, 3.05) is 13.2 Å². The summed E-state index contributed by atoms with van der Waals surface area (Å²) < 4.78 is 11.2. The van der Waals surface area contributed by atoms with Crippen LogP contribution in [0.15, 0.2) is 40.9 Å². The minimum absolute atomic E-state index is 0. The Morgan fingerprint density at radius 3 is 2.90 bits per heavy atom. The number of nitrogens with one attached hydrogen (secondary N) is 1. The van der Waals surface area contributed by atoms with Crippen molar-refractivity contribution in [1.29, 1.82) is 5.26 Å². The molecule has 0 unspecified atom stereocenters. The third-order valence-corrected chi connectivity index (χ3v) is 5.15. The number of hydrogen-bond acceptors (Lipinski definition) is 7. The summed E-state index contributed by atoms with van der Waals surface area (Å²) in [6.07, 6.45) is 1.87. The molecular formula is C23H25ClN4O3. The molecular weight excluding hydrogens is 416 g/mol. The molecule has 4 rings (SSSR count). The van der Waals surface area contributed by atoms with E-state index >= 15 is 0 Å². The molecule has 31 heavy (non-hydrogen) atoms. The van der Waals surface area contributed by atoms with Crippen LogP contribution < -0.4 is 10.1 Å². The summed E-state index contributed by atoms with van der Waals surface area (Å²) in [5.41, 5.74) is 4.49. The highest BCUT2D eigenvalue weighted by molar-refractivity contribution is 5.85. The first kappa shape index (κ1) is 22.8. The fraction of sp³-hybridized carbons (Fsp3) is 0.348. The molecule has 3 aromatic rings. The van der Waals surface area contributed by atoms with Gasteiger partial charge in [0.15, 0.2) is 0 Å². The monoisotopic (exact) mass is 440 g/mol. The van der Waals surface area contributed by atoms with Gasteiger partial charge in [0.25, 0.3) is 5.89 Å². The lowest BCUT2D eigenvalue weighted by Gasteiger charge is -2.13. The molecule has 1 heterocycles. The number of halogens is 1. The molecule has 0 aliphatic heterocycles. The number of fused-ring (bicyclic) bond motifs is 1. The molecule has 0 radical (unpaired) electrons. The Balaban J connectivity index is 0.00000272. The van der Waals surface area contributed by atoms with Gasteiger partial charge in [0.1, 0.15) is 11.8 Å². The molecule has 1 aliphatic rings. The zero-order valence-corrected chi connectivity index (χ0v) is 18.3. The van der Waals surface area contributed by atoms with E-state index in [9.17, 15) is 5.26 Å². The molecule has 0 spiro atoms. The molecule has 0 fully saturated rings. The molecule has 8 heteroatoms. The number of hydrogen-bond donors (Lipinski definition) is 2. The summed E-state index contributed by atoms with van der Waals surface area (Å²) in [4.78, 5) is 4.59. The van der Waals surface area contributed by atoms with Gasteiger partial charge in [-0.05, 0) is 56.0 Å². The summed E-state index contributed by atoms with van der Waals surface area (Å²) in [5.74, 6) is 1.44. The maximum Gasteiger partial charge on any atom is 0.258 e. The van der Waals surface area contributed by atoms with Crippen LogP contribution in [0.25, 0.3) is 22.8 Å². The van der Waals surface area contributed by atoms with Crippen molar-refractivity contribution in [3.63, 3.8) is 0 Å². The van der Waals surface area contributed by atoms with E-state index in [0.29, 0.717) is 35.1 Å². The molecule has 1 aromatic heterocycles. The molecule has 2 N–H and O–H groups in total. The van der Waals surface area contributed by atoms with E-state index < -0.39 is 0 Å². The van der Waals surface area contributed by atoms with Crippen molar-refractivity contribution in [2.45, 2.75) is 38.8 Å². The lowest BCUT2D eigenvalue weighted by molar-refractivity contribution is 0.241. The largest absolute Gasteiger partial charge is 0.490 e. The minimum atomic E-state index is -0.0196. The highest BCUT2D eigenvalue weighted by Crippen LogP contribution is 2.37. The van der Waals surface area contributed by atoms with Crippen molar-refractivity contribution in [1.82, 2.24) is 15.5 Å². The van der Waals surface area contributed by atoms with Gasteiger partial charge in [-0.2, -0.15) is 10.2 Å². The minimum Gasteiger partial charge on any atom is -0.490 e. The first-order valence-corrected chi connectivity index (χ1v) is 10.1. The number of aliphatic hydroxyl groups excluding tert-OH is 1. The average molecular weight is 441 g/mol. The fourth-order valence-electron chi connectivity index (χ4n) is 3.87. The number of nitriles is 1. The van der Waals surface area contributed by atoms with Gasteiger partial charge in [0, 0.05) is 23.7 Å². The van der Waals surface area contributed by atoms with Crippen LogP contribution >= 0.6 is 12.4 Å². The molecule has 0 amide bonds. The van der Waals surface area contributed by atoms with Crippen molar-refractivity contribution in [3.8, 4) is 34.7 Å². The Kier molecular flexibility index (Phi) is 7.29. The van der Waals surface area contributed by atoms with Crippen LogP contribution in [0.5, 0.6) is 5.75 Å². The SMILES string of the molecule is CC(C)Oc1ccc(-c2nc(-c3cccc4c3CC[C@H]4NCCO)no2)cc1C#N.Cl. The summed E-state index contributed by atoms with van der Waals surface area (Å²) in [5, 5.41) is 26.1. The van der Waals surface area contributed by atoms with Crippen molar-refractivity contribution < 1.29 is 14.4 Å². The Labute approximate surface area is 187 Å². The van der Waals surface area contributed by atoms with E-state index in [1.807, 2.05) is 32.0 Å². The van der Waals surface area contributed by atoms with Gasteiger partial charge in [-0.15, -0.1) is 12.4 Å². The predicted octanol–water partition coefficient (Wildman–Crippen LogP) is 4.05. The Hall–Kier alpha value is -2.92. The standard InChI is InChI=1S/C23H24N4O3.ClH/c1-14(2)29-21-9-6-15(12-16(21)13-24)23-26-22(27-30-23)19-5-3-4-18-17(19)7-8-20(18)25-10-11-28;/h3-6,9,12,14,20,25,28H,7-8,10-11H2,1-2H3;1H/t20-;/m1./s1. The second-order valence-electron chi connectivity index (χ2n) is 7.55. The van der Waals surface area contributed by atoms with Crippen molar-refractivity contribution in [2.24, 2.45) is 0 Å². The number of ether oxygens (including phenoxy) is 1. The van der Waals surface area contributed by atoms with E-state index in [0.717, 1.165) is 18.4 Å². The topological polar surface area (TPSA) is 104 Å². The van der Waals surface area contributed by atoms with Crippen LogP contribution in [-0.4, -0.2) is 34.5 Å². The van der Waals surface area contributed by atoms with Gasteiger partial charge < -0.3 is 19.7 Å². The molecule has 1 atom stereocenters. The van der Waals surface area contributed by atoms with Gasteiger partial charge in [-0.1, -0.05) is 23.4 Å². The fourth-order valence-corrected chi connectivity index (χ4v) is 3.87. The highest BCUT2D eigenvalue weighted by Gasteiger charge is 2.26. The summed E-state index contributed by atoms with van der Waals surface area (Å²) >= 11 is 0. The predicted molar refractivity (Wildman–Crippen MR) is 119 cm³/mol. The number of aliphatic hydroxyl groups is 1. The van der Waals surface area contributed by atoms with Crippen LogP contribution in [-0.2, 0) is 6.42 Å². The molecule has 1 aliphatic carbocycles.